The Labute approximate surface area is 146 Å². The van der Waals surface area contributed by atoms with Crippen molar-refractivity contribution in [3.63, 3.8) is 0 Å². The molecule has 1 saturated carbocycles. The topological polar surface area (TPSA) is 91.7 Å². The molecule has 1 aliphatic rings. The molecule has 6 heteroatoms. The van der Waals surface area contributed by atoms with Crippen LogP contribution in [0.2, 0.25) is 0 Å². The molecule has 1 amide bonds. The van der Waals surface area contributed by atoms with Gasteiger partial charge in [0.1, 0.15) is 18.0 Å². The summed E-state index contributed by atoms with van der Waals surface area (Å²) in [5.41, 5.74) is 0.476. The number of carbonyl (C=O) groups excluding carboxylic acids is 1. The molecule has 0 bridgehead atoms. The molecule has 1 aliphatic carbocycles. The van der Waals surface area contributed by atoms with E-state index in [4.69, 9.17) is 4.74 Å². The second kappa shape index (κ2) is 7.53. The molecular weight excluding hydrogens is 320 g/mol. The molecule has 1 heterocycles. The largest absolute Gasteiger partial charge is 0.506 e. The van der Waals surface area contributed by atoms with Gasteiger partial charge in [0.25, 0.3) is 0 Å². The van der Waals surface area contributed by atoms with E-state index in [1.165, 1.54) is 12.3 Å². The summed E-state index contributed by atoms with van der Waals surface area (Å²) in [6.45, 7) is 0.237. The molecule has 132 valence electrons. The molecule has 6 nitrogen and oxygen atoms in total. The Bertz CT molecular complexity index is 695. The molecular formula is C19H22N2O4. The lowest BCUT2D eigenvalue weighted by Gasteiger charge is -2.35. The predicted octanol–water partition coefficient (Wildman–Crippen LogP) is 2.84. The van der Waals surface area contributed by atoms with Crippen molar-refractivity contribution < 1.29 is 19.7 Å². The number of aromatic hydroxyl groups is 1. The van der Waals surface area contributed by atoms with Gasteiger partial charge in [0.05, 0.1) is 11.9 Å². The summed E-state index contributed by atoms with van der Waals surface area (Å²) in [5.74, 6) is 0.0730. The van der Waals surface area contributed by atoms with Crippen LogP contribution in [0.4, 0.5) is 4.79 Å². The molecule has 1 aromatic carbocycles. The lowest BCUT2D eigenvalue weighted by Crippen LogP contribution is -2.42. The maximum Gasteiger partial charge on any atom is 0.407 e. The van der Waals surface area contributed by atoms with Crippen LogP contribution >= 0.6 is 0 Å². The minimum absolute atomic E-state index is 0.0272. The van der Waals surface area contributed by atoms with Crippen molar-refractivity contribution in [1.29, 1.82) is 0 Å². The van der Waals surface area contributed by atoms with E-state index in [9.17, 15) is 15.0 Å². The van der Waals surface area contributed by atoms with Crippen LogP contribution < -0.4 is 5.32 Å². The first-order chi connectivity index (χ1) is 12.0. The second-order valence-electron chi connectivity index (χ2n) is 6.41. The monoisotopic (exact) mass is 342 g/mol. The fraction of sp³-hybridized carbons (Fsp3) is 0.368. The maximum atomic E-state index is 11.9. The number of alkyl carbamates (subject to hydrolysis) is 1. The first-order valence-electron chi connectivity index (χ1n) is 8.40. The van der Waals surface area contributed by atoms with Crippen molar-refractivity contribution >= 4 is 6.09 Å². The van der Waals surface area contributed by atoms with Crippen LogP contribution in [-0.4, -0.2) is 27.3 Å². The molecule has 0 unspecified atom stereocenters. The molecule has 0 spiro atoms. The Hall–Kier alpha value is -2.60. The summed E-state index contributed by atoms with van der Waals surface area (Å²) in [4.78, 5) is 16.0. The number of nitrogens with zero attached hydrogens (tertiary/aromatic N) is 1. The molecule has 1 fully saturated rings. The number of aromatic nitrogens is 1. The lowest BCUT2D eigenvalue weighted by molar-refractivity contribution is -0.0124. The number of benzene rings is 1. The molecule has 0 atom stereocenters. The summed E-state index contributed by atoms with van der Waals surface area (Å²) in [6.07, 6.45) is 3.16. The molecule has 0 aliphatic heterocycles. The number of aliphatic hydroxyl groups is 1. The molecule has 0 radical (unpaired) electrons. The molecule has 1 aromatic heterocycles. The number of hydrogen-bond acceptors (Lipinski definition) is 5. The van der Waals surface area contributed by atoms with E-state index in [2.05, 4.69) is 10.3 Å². The standard InChI is InChI=1S/C19H22N2O4/c22-16-6-7-17(20-12-16)19(24)10-8-15(9-11-19)21-18(23)25-13-14-4-2-1-3-5-14/h1-7,12,15,22,24H,8-11,13H2,(H,21,23). The van der Waals surface area contributed by atoms with E-state index in [1.54, 1.807) is 6.07 Å². The van der Waals surface area contributed by atoms with Gasteiger partial charge in [-0.1, -0.05) is 30.3 Å². The number of hydrogen-bond donors (Lipinski definition) is 3. The van der Waals surface area contributed by atoms with E-state index in [-0.39, 0.29) is 18.4 Å². The van der Waals surface area contributed by atoms with Crippen molar-refractivity contribution in [3.8, 4) is 5.75 Å². The maximum absolute atomic E-state index is 11.9. The van der Waals surface area contributed by atoms with Crippen molar-refractivity contribution in [2.45, 2.75) is 43.9 Å². The van der Waals surface area contributed by atoms with Crippen LogP contribution in [0.15, 0.2) is 48.7 Å². The fourth-order valence-corrected chi connectivity index (χ4v) is 3.09. The van der Waals surface area contributed by atoms with Gasteiger partial charge in [-0.15, -0.1) is 0 Å². The van der Waals surface area contributed by atoms with Gasteiger partial charge in [0.15, 0.2) is 0 Å². The average molecular weight is 342 g/mol. The fourth-order valence-electron chi connectivity index (χ4n) is 3.09. The van der Waals surface area contributed by atoms with E-state index < -0.39 is 11.7 Å². The van der Waals surface area contributed by atoms with Crippen LogP contribution in [0.25, 0.3) is 0 Å². The predicted molar refractivity (Wildman–Crippen MR) is 91.8 cm³/mol. The highest BCUT2D eigenvalue weighted by atomic mass is 16.5. The van der Waals surface area contributed by atoms with Crippen molar-refractivity contribution in [3.05, 3.63) is 59.9 Å². The molecule has 3 rings (SSSR count). The molecule has 0 saturated heterocycles. The van der Waals surface area contributed by atoms with Crippen LogP contribution in [0.1, 0.15) is 36.9 Å². The zero-order valence-electron chi connectivity index (χ0n) is 13.9. The molecule has 25 heavy (non-hydrogen) atoms. The summed E-state index contributed by atoms with van der Waals surface area (Å²) >= 11 is 0. The molecule has 2 aromatic rings. The Morgan fingerprint density at radius 1 is 1.20 bits per heavy atom. The van der Waals surface area contributed by atoms with Crippen molar-refractivity contribution in [1.82, 2.24) is 10.3 Å². The highest BCUT2D eigenvalue weighted by Gasteiger charge is 2.36. The third kappa shape index (κ3) is 4.48. The number of ether oxygens (including phenoxy) is 1. The molecule has 3 N–H and O–H groups in total. The minimum atomic E-state index is -1.01. The van der Waals surface area contributed by atoms with Gasteiger partial charge in [-0.25, -0.2) is 4.79 Å². The zero-order valence-corrected chi connectivity index (χ0v) is 13.9. The number of amides is 1. The van der Waals surface area contributed by atoms with Crippen LogP contribution in [0, 0.1) is 0 Å². The van der Waals surface area contributed by atoms with E-state index >= 15 is 0 Å². The van der Waals surface area contributed by atoms with Crippen LogP contribution in [-0.2, 0) is 16.9 Å². The van der Waals surface area contributed by atoms with Crippen molar-refractivity contribution in [2.75, 3.05) is 0 Å². The summed E-state index contributed by atoms with van der Waals surface area (Å²) in [5, 5.41) is 22.9. The van der Waals surface area contributed by atoms with E-state index in [1.807, 2.05) is 30.3 Å². The lowest BCUT2D eigenvalue weighted by atomic mass is 9.80. The van der Waals surface area contributed by atoms with Gasteiger partial charge < -0.3 is 20.3 Å². The average Bonchev–Trinajstić information content (AvgIpc) is 2.63. The summed E-state index contributed by atoms with van der Waals surface area (Å²) < 4.78 is 5.23. The highest BCUT2D eigenvalue weighted by Crippen LogP contribution is 2.36. The van der Waals surface area contributed by atoms with E-state index in [0.717, 1.165) is 5.56 Å². The Morgan fingerprint density at radius 3 is 2.56 bits per heavy atom. The van der Waals surface area contributed by atoms with Crippen LogP contribution in [0.5, 0.6) is 5.75 Å². The smallest absolute Gasteiger partial charge is 0.407 e. The third-order valence-corrected chi connectivity index (χ3v) is 4.57. The normalized spacial score (nSPS) is 23.0. The second-order valence-corrected chi connectivity index (χ2v) is 6.41. The number of pyridine rings is 1. The number of nitrogens with one attached hydrogen (secondary N) is 1. The summed E-state index contributed by atoms with van der Waals surface area (Å²) in [7, 11) is 0. The Balaban J connectivity index is 1.47. The minimum Gasteiger partial charge on any atom is -0.506 e. The van der Waals surface area contributed by atoms with Gasteiger partial charge in [-0.2, -0.15) is 0 Å². The zero-order chi connectivity index (χ0) is 17.7. The van der Waals surface area contributed by atoms with Gasteiger partial charge in [0, 0.05) is 6.04 Å². The Kier molecular flexibility index (Phi) is 5.19. The quantitative estimate of drug-likeness (QED) is 0.795. The van der Waals surface area contributed by atoms with Gasteiger partial charge >= 0.3 is 6.09 Å². The van der Waals surface area contributed by atoms with Crippen molar-refractivity contribution in [2.24, 2.45) is 0 Å². The van der Waals surface area contributed by atoms with E-state index in [0.29, 0.717) is 31.4 Å². The van der Waals surface area contributed by atoms with Gasteiger partial charge in [-0.05, 0) is 43.4 Å². The Morgan fingerprint density at radius 2 is 1.92 bits per heavy atom. The van der Waals surface area contributed by atoms with Gasteiger partial charge in [0.2, 0.25) is 0 Å². The SMILES string of the molecule is O=C(NC1CCC(O)(c2ccc(O)cn2)CC1)OCc1ccccc1. The number of rotatable bonds is 4. The van der Waals surface area contributed by atoms with Gasteiger partial charge in [-0.3, -0.25) is 4.98 Å². The third-order valence-electron chi connectivity index (χ3n) is 4.57. The number of carbonyl (C=O) groups is 1. The summed E-state index contributed by atoms with van der Waals surface area (Å²) in [6, 6.07) is 12.6. The first-order valence-corrected chi connectivity index (χ1v) is 8.40. The first kappa shape index (κ1) is 17.2. The highest BCUT2D eigenvalue weighted by molar-refractivity contribution is 5.67. The van der Waals surface area contributed by atoms with Crippen LogP contribution in [0.3, 0.4) is 0 Å².